The fourth-order valence-corrected chi connectivity index (χ4v) is 1.86. The van der Waals surface area contributed by atoms with Gasteiger partial charge in [0, 0.05) is 32.2 Å². The van der Waals surface area contributed by atoms with Gasteiger partial charge in [0.2, 0.25) is 0 Å². The quantitative estimate of drug-likeness (QED) is 0.570. The minimum atomic E-state index is 0.349. The first-order valence-corrected chi connectivity index (χ1v) is 6.29. The highest BCUT2D eigenvalue weighted by atomic mass is 16.5. The van der Waals surface area contributed by atoms with E-state index in [1.807, 2.05) is 0 Å². The number of nitrogens with one attached hydrogen (secondary N) is 1. The van der Waals surface area contributed by atoms with Crippen molar-refractivity contribution in [3.63, 3.8) is 0 Å². The highest BCUT2D eigenvalue weighted by molar-refractivity contribution is 4.94. The molecule has 1 aliphatic heterocycles. The molecule has 0 amide bonds. The maximum absolute atomic E-state index is 5.74. The predicted octanol–water partition coefficient (Wildman–Crippen LogP) is 1.65. The van der Waals surface area contributed by atoms with Crippen molar-refractivity contribution in [2.75, 3.05) is 32.8 Å². The Labute approximate surface area is 99.8 Å². The van der Waals surface area contributed by atoms with E-state index in [0.717, 1.165) is 32.8 Å². The van der Waals surface area contributed by atoms with E-state index in [1.165, 1.54) is 5.57 Å². The van der Waals surface area contributed by atoms with Crippen LogP contribution in [-0.2, 0) is 4.74 Å². The minimum Gasteiger partial charge on any atom is -0.374 e. The Morgan fingerprint density at radius 2 is 2.25 bits per heavy atom. The third-order valence-corrected chi connectivity index (χ3v) is 2.93. The molecule has 0 radical (unpaired) electrons. The van der Waals surface area contributed by atoms with Crippen LogP contribution in [0, 0.1) is 0 Å². The monoisotopic (exact) mass is 226 g/mol. The van der Waals surface area contributed by atoms with Crippen molar-refractivity contribution in [2.45, 2.75) is 39.8 Å². The summed E-state index contributed by atoms with van der Waals surface area (Å²) in [6, 6.07) is 0.629. The molecule has 1 saturated heterocycles. The van der Waals surface area contributed by atoms with Gasteiger partial charge in [-0.2, -0.15) is 0 Å². The van der Waals surface area contributed by atoms with Crippen LogP contribution >= 0.6 is 0 Å². The van der Waals surface area contributed by atoms with Gasteiger partial charge in [0.25, 0.3) is 0 Å². The Morgan fingerprint density at radius 1 is 1.50 bits per heavy atom. The van der Waals surface area contributed by atoms with Crippen molar-refractivity contribution in [3.8, 4) is 0 Å². The fraction of sp³-hybridized carbons (Fsp3) is 0.846. The van der Waals surface area contributed by atoms with E-state index in [2.05, 4.69) is 44.0 Å². The first kappa shape index (κ1) is 13.7. The summed E-state index contributed by atoms with van der Waals surface area (Å²) in [5.41, 5.74) is 1.36. The SMILES string of the molecule is CC(C)=CCNCC1CN(C(C)C)CCO1. The Hall–Kier alpha value is -0.380. The summed E-state index contributed by atoms with van der Waals surface area (Å²) in [6.07, 6.45) is 2.56. The van der Waals surface area contributed by atoms with Crippen molar-refractivity contribution in [2.24, 2.45) is 0 Å². The molecule has 94 valence electrons. The third kappa shape index (κ3) is 5.10. The zero-order valence-electron chi connectivity index (χ0n) is 11.1. The van der Waals surface area contributed by atoms with Gasteiger partial charge in [-0.15, -0.1) is 0 Å². The second-order valence-corrected chi connectivity index (χ2v) is 5.02. The van der Waals surface area contributed by atoms with Gasteiger partial charge in [-0.3, -0.25) is 4.90 Å². The topological polar surface area (TPSA) is 24.5 Å². The number of rotatable bonds is 5. The second kappa shape index (κ2) is 7.05. The van der Waals surface area contributed by atoms with Gasteiger partial charge in [-0.05, 0) is 27.7 Å². The third-order valence-electron chi connectivity index (χ3n) is 2.93. The summed E-state index contributed by atoms with van der Waals surface area (Å²) in [7, 11) is 0. The number of ether oxygens (including phenoxy) is 1. The van der Waals surface area contributed by atoms with Crippen LogP contribution in [-0.4, -0.2) is 49.8 Å². The molecule has 1 rings (SSSR count). The normalized spacial score (nSPS) is 22.4. The van der Waals surface area contributed by atoms with Crippen molar-refractivity contribution < 1.29 is 4.74 Å². The molecule has 0 spiro atoms. The number of hydrogen-bond acceptors (Lipinski definition) is 3. The molecule has 1 atom stereocenters. The van der Waals surface area contributed by atoms with Crippen LogP contribution in [0.3, 0.4) is 0 Å². The molecule has 0 aliphatic carbocycles. The molecular weight excluding hydrogens is 200 g/mol. The molecule has 0 saturated carbocycles. The molecule has 0 aromatic heterocycles. The van der Waals surface area contributed by atoms with Crippen LogP contribution in [0.15, 0.2) is 11.6 Å². The summed E-state index contributed by atoms with van der Waals surface area (Å²) in [6.45, 7) is 13.6. The van der Waals surface area contributed by atoms with Crippen molar-refractivity contribution in [1.82, 2.24) is 10.2 Å². The summed E-state index contributed by atoms with van der Waals surface area (Å²) in [5, 5.41) is 3.42. The van der Waals surface area contributed by atoms with Gasteiger partial charge in [0.15, 0.2) is 0 Å². The van der Waals surface area contributed by atoms with Crippen LogP contribution in [0.2, 0.25) is 0 Å². The van der Waals surface area contributed by atoms with E-state index < -0.39 is 0 Å². The molecule has 1 fully saturated rings. The van der Waals surface area contributed by atoms with Crippen LogP contribution in [0.4, 0.5) is 0 Å². The lowest BCUT2D eigenvalue weighted by Crippen LogP contribution is -2.49. The summed E-state index contributed by atoms with van der Waals surface area (Å²) < 4.78 is 5.74. The standard InChI is InChI=1S/C13H26N2O/c1-11(2)5-6-14-9-13-10-15(12(3)4)7-8-16-13/h5,12-14H,6-10H2,1-4H3. The molecule has 1 aliphatic rings. The van der Waals surface area contributed by atoms with Gasteiger partial charge >= 0.3 is 0 Å². The van der Waals surface area contributed by atoms with Gasteiger partial charge < -0.3 is 10.1 Å². The molecule has 1 unspecified atom stereocenters. The van der Waals surface area contributed by atoms with Crippen molar-refractivity contribution in [3.05, 3.63) is 11.6 Å². The van der Waals surface area contributed by atoms with E-state index in [4.69, 9.17) is 4.74 Å². The number of hydrogen-bond donors (Lipinski definition) is 1. The second-order valence-electron chi connectivity index (χ2n) is 5.02. The average Bonchev–Trinajstić information content (AvgIpc) is 2.24. The molecule has 1 heterocycles. The first-order chi connectivity index (χ1) is 7.59. The fourth-order valence-electron chi connectivity index (χ4n) is 1.86. The lowest BCUT2D eigenvalue weighted by atomic mass is 10.2. The minimum absolute atomic E-state index is 0.349. The maximum Gasteiger partial charge on any atom is 0.0826 e. The highest BCUT2D eigenvalue weighted by Gasteiger charge is 2.21. The van der Waals surface area contributed by atoms with Crippen LogP contribution in [0.1, 0.15) is 27.7 Å². The van der Waals surface area contributed by atoms with Gasteiger partial charge in [-0.25, -0.2) is 0 Å². The van der Waals surface area contributed by atoms with E-state index in [1.54, 1.807) is 0 Å². The summed E-state index contributed by atoms with van der Waals surface area (Å²) >= 11 is 0. The van der Waals surface area contributed by atoms with Gasteiger partial charge in [0.05, 0.1) is 12.7 Å². The smallest absolute Gasteiger partial charge is 0.0826 e. The number of morpholine rings is 1. The Kier molecular flexibility index (Phi) is 6.03. The van der Waals surface area contributed by atoms with E-state index in [-0.39, 0.29) is 0 Å². The molecule has 0 aromatic carbocycles. The van der Waals surface area contributed by atoms with Gasteiger partial charge in [0.1, 0.15) is 0 Å². The maximum atomic E-state index is 5.74. The van der Waals surface area contributed by atoms with E-state index >= 15 is 0 Å². The van der Waals surface area contributed by atoms with Crippen molar-refractivity contribution in [1.29, 1.82) is 0 Å². The van der Waals surface area contributed by atoms with Crippen molar-refractivity contribution >= 4 is 0 Å². The first-order valence-electron chi connectivity index (χ1n) is 6.29. The molecule has 0 bridgehead atoms. The lowest BCUT2D eigenvalue weighted by molar-refractivity contribution is -0.0367. The Balaban J connectivity index is 2.19. The Morgan fingerprint density at radius 3 is 2.88 bits per heavy atom. The molecule has 0 aromatic rings. The summed E-state index contributed by atoms with van der Waals surface area (Å²) in [5.74, 6) is 0. The summed E-state index contributed by atoms with van der Waals surface area (Å²) in [4.78, 5) is 2.48. The van der Waals surface area contributed by atoms with Crippen LogP contribution < -0.4 is 5.32 Å². The van der Waals surface area contributed by atoms with Crippen LogP contribution in [0.5, 0.6) is 0 Å². The highest BCUT2D eigenvalue weighted by Crippen LogP contribution is 2.07. The zero-order valence-corrected chi connectivity index (χ0v) is 11.1. The van der Waals surface area contributed by atoms with E-state index in [0.29, 0.717) is 12.1 Å². The molecule has 1 N–H and O–H groups in total. The van der Waals surface area contributed by atoms with Gasteiger partial charge in [-0.1, -0.05) is 11.6 Å². The molecule has 16 heavy (non-hydrogen) atoms. The number of allylic oxidation sites excluding steroid dienone is 1. The Bertz CT molecular complexity index is 222. The predicted molar refractivity (Wildman–Crippen MR) is 68.7 cm³/mol. The zero-order chi connectivity index (χ0) is 12.0. The van der Waals surface area contributed by atoms with Crippen LogP contribution in [0.25, 0.3) is 0 Å². The van der Waals surface area contributed by atoms with E-state index in [9.17, 15) is 0 Å². The average molecular weight is 226 g/mol. The largest absolute Gasteiger partial charge is 0.374 e. The molecule has 3 nitrogen and oxygen atoms in total. The number of nitrogens with zero attached hydrogens (tertiary/aromatic N) is 1. The molecular formula is C13H26N2O. The lowest BCUT2D eigenvalue weighted by Gasteiger charge is -2.35. The molecule has 3 heteroatoms.